The zero-order valence-corrected chi connectivity index (χ0v) is 10.5. The number of hydrogen-bond donors (Lipinski definition) is 1. The van der Waals surface area contributed by atoms with Gasteiger partial charge in [-0.15, -0.1) is 0 Å². The molecule has 3 rings (SSSR count). The molecule has 3 heterocycles. The van der Waals surface area contributed by atoms with Gasteiger partial charge in [0.2, 0.25) is 5.91 Å². The number of likely N-dealkylation sites (tertiary alicyclic amines) is 1. The lowest BCUT2D eigenvalue weighted by molar-refractivity contribution is -0.148. The molecule has 0 aromatic heterocycles. The van der Waals surface area contributed by atoms with Gasteiger partial charge in [0.15, 0.2) is 0 Å². The number of rotatable bonds is 3. The maximum absolute atomic E-state index is 12.4. The fraction of sp³-hybridized carbons (Fsp3) is 0.692. The lowest BCUT2D eigenvalue weighted by Gasteiger charge is -2.22. The smallest absolute Gasteiger partial charge is 0.310 e. The highest BCUT2D eigenvalue weighted by atomic mass is 16.5. The first-order chi connectivity index (χ1) is 8.44. The van der Waals surface area contributed by atoms with Gasteiger partial charge in [0.1, 0.15) is 11.5 Å². The first kappa shape index (κ1) is 11.7. The van der Waals surface area contributed by atoms with Crippen LogP contribution in [0.25, 0.3) is 0 Å². The molecule has 98 valence electrons. The predicted molar refractivity (Wildman–Crippen MR) is 62.8 cm³/mol. The van der Waals surface area contributed by atoms with Crippen molar-refractivity contribution >= 4 is 11.9 Å². The Morgan fingerprint density at radius 3 is 3.00 bits per heavy atom. The van der Waals surface area contributed by atoms with E-state index >= 15 is 0 Å². The Labute approximate surface area is 105 Å². The van der Waals surface area contributed by atoms with Crippen molar-refractivity contribution in [3.05, 3.63) is 12.2 Å². The number of nitrogens with zero attached hydrogens (tertiary/aromatic N) is 1. The molecule has 1 N–H and O–H groups in total. The van der Waals surface area contributed by atoms with Crippen LogP contribution in [0.4, 0.5) is 0 Å². The van der Waals surface area contributed by atoms with Crippen molar-refractivity contribution in [2.75, 3.05) is 13.1 Å². The Hall–Kier alpha value is -1.36. The molecule has 2 saturated heterocycles. The summed E-state index contributed by atoms with van der Waals surface area (Å²) >= 11 is 0. The number of hydrogen-bond acceptors (Lipinski definition) is 3. The van der Waals surface area contributed by atoms with E-state index in [-0.39, 0.29) is 5.91 Å². The van der Waals surface area contributed by atoms with Crippen LogP contribution >= 0.6 is 0 Å². The van der Waals surface area contributed by atoms with Gasteiger partial charge in [-0.2, -0.15) is 0 Å². The van der Waals surface area contributed by atoms with Crippen LogP contribution in [0.3, 0.4) is 0 Å². The number of aliphatic carboxylic acids is 1. The minimum atomic E-state index is -0.934. The first-order valence-electron chi connectivity index (χ1n) is 6.33. The Morgan fingerprint density at radius 1 is 1.67 bits per heavy atom. The van der Waals surface area contributed by atoms with E-state index < -0.39 is 29.5 Å². The maximum Gasteiger partial charge on any atom is 0.310 e. The molecule has 0 radical (unpaired) electrons. The van der Waals surface area contributed by atoms with E-state index in [1.807, 2.05) is 19.9 Å². The third-order valence-electron chi connectivity index (χ3n) is 4.05. The highest BCUT2D eigenvalue weighted by Crippen LogP contribution is 2.51. The summed E-state index contributed by atoms with van der Waals surface area (Å²) in [6.07, 6.45) is 3.25. The molecule has 0 aromatic carbocycles. The van der Waals surface area contributed by atoms with Crippen LogP contribution < -0.4 is 0 Å². The lowest BCUT2D eigenvalue weighted by Crippen LogP contribution is -2.39. The lowest BCUT2D eigenvalue weighted by atomic mass is 9.77. The zero-order chi connectivity index (χ0) is 13.1. The number of carbonyl (C=O) groups is 2. The number of amides is 1. The van der Waals surface area contributed by atoms with E-state index in [4.69, 9.17) is 4.74 Å². The molecule has 3 aliphatic rings. The molecule has 5 heteroatoms. The summed E-state index contributed by atoms with van der Waals surface area (Å²) in [5.41, 5.74) is -0.681. The van der Waals surface area contributed by atoms with Gasteiger partial charge in [0.25, 0.3) is 0 Å². The van der Waals surface area contributed by atoms with Crippen LogP contribution in [0.15, 0.2) is 12.2 Å². The average Bonchev–Trinajstić information content (AvgIpc) is 2.87. The average molecular weight is 251 g/mol. The Bertz CT molecular complexity index is 444. The van der Waals surface area contributed by atoms with Crippen LogP contribution in [0.1, 0.15) is 13.8 Å². The zero-order valence-electron chi connectivity index (χ0n) is 10.5. The normalized spacial score (nSPS) is 40.9. The van der Waals surface area contributed by atoms with Gasteiger partial charge < -0.3 is 14.7 Å². The molecular weight excluding hydrogens is 234 g/mol. The van der Waals surface area contributed by atoms with E-state index in [0.717, 1.165) is 0 Å². The molecule has 0 aromatic rings. The van der Waals surface area contributed by atoms with E-state index in [1.165, 1.54) is 0 Å². The number of carboxylic acid groups (broad SMARTS) is 1. The van der Waals surface area contributed by atoms with Crippen molar-refractivity contribution in [3.63, 3.8) is 0 Å². The van der Waals surface area contributed by atoms with Gasteiger partial charge in [0.05, 0.1) is 18.6 Å². The second-order valence-electron chi connectivity index (χ2n) is 5.85. The summed E-state index contributed by atoms with van der Waals surface area (Å²) in [6, 6.07) is 0. The van der Waals surface area contributed by atoms with Gasteiger partial charge in [-0.1, -0.05) is 26.0 Å². The molecule has 0 aliphatic carbocycles. The number of ether oxygens (including phenoxy) is 1. The monoisotopic (exact) mass is 251 g/mol. The van der Waals surface area contributed by atoms with Crippen molar-refractivity contribution < 1.29 is 19.4 Å². The van der Waals surface area contributed by atoms with Crippen LogP contribution in [-0.4, -0.2) is 46.7 Å². The molecule has 1 spiro atoms. The maximum atomic E-state index is 12.4. The van der Waals surface area contributed by atoms with Crippen molar-refractivity contribution in [1.29, 1.82) is 0 Å². The Balaban J connectivity index is 1.92. The number of carbonyl (C=O) groups excluding carboxylic acids is 1. The summed E-state index contributed by atoms with van der Waals surface area (Å²) < 4.78 is 5.79. The predicted octanol–water partition coefficient (Wildman–Crippen LogP) is 0.509. The summed E-state index contributed by atoms with van der Waals surface area (Å²) in [5, 5.41) is 9.28. The van der Waals surface area contributed by atoms with E-state index in [2.05, 4.69) is 0 Å². The van der Waals surface area contributed by atoms with E-state index in [9.17, 15) is 14.7 Å². The second kappa shape index (κ2) is 3.57. The van der Waals surface area contributed by atoms with Crippen LogP contribution in [0.2, 0.25) is 0 Å². The molecule has 0 unspecified atom stereocenters. The molecule has 18 heavy (non-hydrogen) atoms. The van der Waals surface area contributed by atoms with Crippen molar-refractivity contribution in [2.45, 2.75) is 25.6 Å². The molecular formula is C13H17NO4. The molecule has 5 nitrogen and oxygen atoms in total. The quantitative estimate of drug-likeness (QED) is 0.742. The summed E-state index contributed by atoms with van der Waals surface area (Å²) in [5.74, 6) is -1.89. The minimum absolute atomic E-state index is 0.0667. The number of carboxylic acids is 1. The van der Waals surface area contributed by atoms with E-state index in [1.54, 1.807) is 11.0 Å². The fourth-order valence-corrected chi connectivity index (χ4v) is 3.46. The topological polar surface area (TPSA) is 66.8 Å². The van der Waals surface area contributed by atoms with Crippen molar-refractivity contribution in [3.8, 4) is 0 Å². The van der Waals surface area contributed by atoms with Crippen molar-refractivity contribution in [2.24, 2.45) is 17.8 Å². The second-order valence-corrected chi connectivity index (χ2v) is 5.85. The standard InChI is InChI=1S/C13H17NO4/c1-7(2)5-14-6-13-4-3-8(18-13)9(12(16)17)10(13)11(14)15/h3-4,7-10H,5-6H2,1-2H3,(H,16,17)/t8-,9+,10+,13-/m1/s1. The fourth-order valence-electron chi connectivity index (χ4n) is 3.46. The Kier molecular flexibility index (Phi) is 2.32. The molecule has 4 atom stereocenters. The number of fused-ring (bicyclic) bond motifs is 1. The first-order valence-corrected chi connectivity index (χ1v) is 6.33. The SMILES string of the molecule is CC(C)CN1C[C@@]23C=C[C@@H](O2)[C@H](C(=O)O)[C@H]3C1=O. The molecule has 2 fully saturated rings. The largest absolute Gasteiger partial charge is 0.481 e. The third kappa shape index (κ3) is 1.37. The molecule has 0 saturated carbocycles. The molecule has 2 bridgehead atoms. The minimum Gasteiger partial charge on any atom is -0.481 e. The summed E-state index contributed by atoms with van der Waals surface area (Å²) in [4.78, 5) is 25.4. The summed E-state index contributed by atoms with van der Waals surface area (Å²) in [7, 11) is 0. The van der Waals surface area contributed by atoms with Gasteiger partial charge in [-0.05, 0) is 5.92 Å². The third-order valence-corrected chi connectivity index (χ3v) is 4.05. The van der Waals surface area contributed by atoms with Crippen LogP contribution in [0, 0.1) is 17.8 Å². The molecule has 3 aliphatic heterocycles. The highest BCUT2D eigenvalue weighted by molar-refractivity contribution is 5.90. The highest BCUT2D eigenvalue weighted by Gasteiger charge is 2.66. The van der Waals surface area contributed by atoms with Crippen LogP contribution in [0.5, 0.6) is 0 Å². The van der Waals surface area contributed by atoms with Crippen LogP contribution in [-0.2, 0) is 14.3 Å². The Morgan fingerprint density at radius 2 is 2.39 bits per heavy atom. The van der Waals surface area contributed by atoms with Gasteiger partial charge in [-0.25, -0.2) is 0 Å². The molecule has 1 amide bonds. The summed E-state index contributed by atoms with van der Waals surface area (Å²) in [6.45, 7) is 5.24. The van der Waals surface area contributed by atoms with Gasteiger partial charge in [0, 0.05) is 6.54 Å². The van der Waals surface area contributed by atoms with Gasteiger partial charge >= 0.3 is 5.97 Å². The van der Waals surface area contributed by atoms with Gasteiger partial charge in [-0.3, -0.25) is 9.59 Å². The van der Waals surface area contributed by atoms with E-state index in [0.29, 0.717) is 19.0 Å². The van der Waals surface area contributed by atoms with Crippen molar-refractivity contribution in [1.82, 2.24) is 4.90 Å².